The van der Waals surface area contributed by atoms with E-state index in [4.69, 9.17) is 4.99 Å². The van der Waals surface area contributed by atoms with E-state index in [1.165, 1.54) is 6.07 Å². The molecule has 3 rings (SSSR count). The molecule has 1 N–H and O–H groups in total. The van der Waals surface area contributed by atoms with E-state index >= 15 is 0 Å². The third-order valence-electron chi connectivity index (χ3n) is 5.72. The molecule has 0 aliphatic carbocycles. The summed E-state index contributed by atoms with van der Waals surface area (Å²) >= 11 is 0. The number of halogens is 3. The molecule has 1 aromatic heterocycles. The van der Waals surface area contributed by atoms with Crippen LogP contribution in [-0.2, 0) is 13.6 Å². The van der Waals surface area contributed by atoms with Gasteiger partial charge in [-0.15, -0.1) is 40.8 Å². The van der Waals surface area contributed by atoms with Crippen LogP contribution in [-0.4, -0.2) is 63.2 Å². The van der Waals surface area contributed by atoms with E-state index < -0.39 is 11.6 Å². The van der Waals surface area contributed by atoms with Crippen LogP contribution in [0.1, 0.15) is 36.6 Å². The molecule has 1 atom stereocenters. The van der Waals surface area contributed by atoms with Gasteiger partial charge < -0.3 is 14.8 Å². The molecule has 7 nitrogen and oxygen atoms in total. The predicted octanol–water partition coefficient (Wildman–Crippen LogP) is 3.42. The van der Waals surface area contributed by atoms with Crippen molar-refractivity contribution in [2.24, 2.45) is 12.0 Å². The zero-order chi connectivity index (χ0) is 22.4. The van der Waals surface area contributed by atoms with E-state index in [-0.39, 0.29) is 30.0 Å². The normalized spacial score (nSPS) is 15.9. The zero-order valence-electron chi connectivity index (χ0n) is 18.9. The minimum absolute atomic E-state index is 0. The molecule has 1 unspecified atom stereocenters. The molecule has 2 aromatic rings. The fraction of sp³-hybridized carbons (Fsp3) is 0.500. The fourth-order valence-corrected chi connectivity index (χ4v) is 3.86. The van der Waals surface area contributed by atoms with E-state index in [1.54, 1.807) is 12.1 Å². The smallest absolute Gasteiger partial charge is 0.194 e. The lowest BCUT2D eigenvalue weighted by atomic mass is 10.0. The van der Waals surface area contributed by atoms with Gasteiger partial charge in [-0.25, -0.2) is 13.8 Å². The number of piperazine rings is 1. The highest BCUT2D eigenvalue weighted by molar-refractivity contribution is 14.0. The first-order valence-electron chi connectivity index (χ1n) is 10.6. The summed E-state index contributed by atoms with van der Waals surface area (Å²) in [7, 11) is 1.93. The quantitative estimate of drug-likeness (QED) is 0.244. The van der Waals surface area contributed by atoms with E-state index in [0.717, 1.165) is 56.3 Å². The summed E-state index contributed by atoms with van der Waals surface area (Å²) in [5, 5.41) is 11.6. The largest absolute Gasteiger partial charge is 0.353 e. The summed E-state index contributed by atoms with van der Waals surface area (Å²) < 4.78 is 29.6. The van der Waals surface area contributed by atoms with Gasteiger partial charge in [-0.2, -0.15) is 0 Å². The topological polar surface area (TPSA) is 61.6 Å². The average molecular weight is 559 g/mol. The van der Waals surface area contributed by atoms with Crippen LogP contribution in [0.5, 0.6) is 0 Å². The zero-order valence-corrected chi connectivity index (χ0v) is 21.2. The molecule has 0 spiro atoms. The molecular formula is C22H32F2IN7. The fourth-order valence-electron chi connectivity index (χ4n) is 3.86. The molecular weight excluding hydrogens is 527 g/mol. The highest BCUT2D eigenvalue weighted by atomic mass is 127. The van der Waals surface area contributed by atoms with Gasteiger partial charge in [0.05, 0.1) is 0 Å². The van der Waals surface area contributed by atoms with Crippen molar-refractivity contribution >= 4 is 29.9 Å². The van der Waals surface area contributed by atoms with Crippen LogP contribution in [0.25, 0.3) is 0 Å². The molecule has 1 aromatic carbocycles. The van der Waals surface area contributed by atoms with Crippen LogP contribution < -0.4 is 5.32 Å². The summed E-state index contributed by atoms with van der Waals surface area (Å²) in [6, 6.07) is 3.78. The van der Waals surface area contributed by atoms with Crippen molar-refractivity contribution in [2.75, 3.05) is 32.7 Å². The molecule has 2 heterocycles. The molecule has 0 amide bonds. The number of aryl methyl sites for hydroxylation is 1. The lowest BCUT2D eigenvalue weighted by Gasteiger charge is -2.40. The minimum atomic E-state index is -0.548. The van der Waals surface area contributed by atoms with Gasteiger partial charge in [-0.3, -0.25) is 4.90 Å². The maximum absolute atomic E-state index is 14.4. The summed E-state index contributed by atoms with van der Waals surface area (Å²) in [5.74, 6) is 1.41. The molecule has 0 bridgehead atoms. The van der Waals surface area contributed by atoms with Crippen LogP contribution in [0, 0.1) is 18.6 Å². The molecule has 10 heteroatoms. The third-order valence-corrected chi connectivity index (χ3v) is 5.72. The van der Waals surface area contributed by atoms with Gasteiger partial charge >= 0.3 is 0 Å². The Kier molecular flexibility index (Phi) is 10.0. The monoisotopic (exact) mass is 559 g/mol. The van der Waals surface area contributed by atoms with Gasteiger partial charge in [-0.1, -0.05) is 19.1 Å². The second kappa shape index (κ2) is 12.2. The minimum Gasteiger partial charge on any atom is -0.353 e. The number of nitrogens with one attached hydrogen (secondary N) is 1. The van der Waals surface area contributed by atoms with Gasteiger partial charge in [0.15, 0.2) is 11.8 Å². The van der Waals surface area contributed by atoms with Crippen molar-refractivity contribution in [2.45, 2.75) is 32.9 Å². The van der Waals surface area contributed by atoms with Gasteiger partial charge in [0, 0.05) is 57.4 Å². The molecule has 0 saturated carbocycles. The number of benzene rings is 1. The first-order chi connectivity index (χ1) is 14.9. The molecule has 0 radical (unpaired) electrons. The first kappa shape index (κ1) is 26.2. The Hall–Kier alpha value is -2.08. The average Bonchev–Trinajstić information content (AvgIpc) is 3.08. The maximum Gasteiger partial charge on any atom is 0.194 e. The number of guanidine groups is 1. The van der Waals surface area contributed by atoms with Crippen molar-refractivity contribution in [3.8, 4) is 0 Å². The predicted molar refractivity (Wildman–Crippen MR) is 133 cm³/mol. The second-order valence-corrected chi connectivity index (χ2v) is 7.64. The molecule has 1 aliphatic heterocycles. The van der Waals surface area contributed by atoms with Gasteiger partial charge in [0.1, 0.15) is 24.0 Å². The summed E-state index contributed by atoms with van der Waals surface area (Å²) in [4.78, 5) is 9.19. The number of nitrogens with zero attached hydrogens (tertiary/aromatic N) is 6. The Labute approximate surface area is 205 Å². The van der Waals surface area contributed by atoms with E-state index in [1.807, 2.05) is 25.5 Å². The van der Waals surface area contributed by atoms with Crippen molar-refractivity contribution in [1.29, 1.82) is 0 Å². The Morgan fingerprint density at radius 2 is 1.97 bits per heavy atom. The maximum atomic E-state index is 14.4. The number of hydrogen-bond acceptors (Lipinski definition) is 4. The molecule has 1 fully saturated rings. The van der Waals surface area contributed by atoms with Crippen LogP contribution >= 0.6 is 24.0 Å². The van der Waals surface area contributed by atoms with Crippen LogP contribution in [0.15, 0.2) is 35.8 Å². The second-order valence-electron chi connectivity index (χ2n) is 7.64. The summed E-state index contributed by atoms with van der Waals surface area (Å²) in [5.41, 5.74) is 0.550. The highest BCUT2D eigenvalue weighted by Crippen LogP contribution is 2.28. The number of aromatic nitrogens is 3. The number of hydrogen-bond donors (Lipinski definition) is 1. The van der Waals surface area contributed by atoms with Crippen molar-refractivity contribution in [3.63, 3.8) is 0 Å². The van der Waals surface area contributed by atoms with Gasteiger partial charge in [0.2, 0.25) is 0 Å². The molecule has 1 saturated heterocycles. The van der Waals surface area contributed by atoms with Crippen LogP contribution in [0.2, 0.25) is 0 Å². The molecule has 1 aliphatic rings. The summed E-state index contributed by atoms with van der Waals surface area (Å²) in [6.07, 6.45) is 2.55. The Morgan fingerprint density at radius 3 is 2.53 bits per heavy atom. The van der Waals surface area contributed by atoms with Gasteiger partial charge in [0.25, 0.3) is 0 Å². The molecule has 176 valence electrons. The number of aliphatic imine (C=N–C) groups is 1. The third kappa shape index (κ3) is 6.25. The van der Waals surface area contributed by atoms with E-state index in [2.05, 4.69) is 31.9 Å². The standard InChI is InChI=1S/C22H31F2N7.HI/c1-5-9-25-22(26-15-21-28-27-16(3)29(21)4)31-12-10-30(11-13-31)20(6-2)18-8-7-17(23)14-19(18)24;/h5,7-8,14,20H,1,6,9-13,15H2,2-4H3,(H,25,26);1H. The van der Waals surface area contributed by atoms with Crippen molar-refractivity contribution in [1.82, 2.24) is 29.9 Å². The van der Waals surface area contributed by atoms with Crippen LogP contribution in [0.4, 0.5) is 8.78 Å². The Bertz CT molecular complexity index is 923. The summed E-state index contributed by atoms with van der Waals surface area (Å²) in [6.45, 7) is 11.8. The first-order valence-corrected chi connectivity index (χ1v) is 10.6. The van der Waals surface area contributed by atoms with Crippen molar-refractivity contribution < 1.29 is 8.78 Å². The SMILES string of the molecule is C=CCNC(=NCc1nnc(C)n1C)N1CCN(C(CC)c2ccc(F)cc2F)CC1.I. The van der Waals surface area contributed by atoms with Crippen molar-refractivity contribution in [3.05, 3.63) is 59.7 Å². The van der Waals surface area contributed by atoms with E-state index in [9.17, 15) is 8.78 Å². The van der Waals surface area contributed by atoms with Gasteiger partial charge in [-0.05, 0) is 19.4 Å². The highest BCUT2D eigenvalue weighted by Gasteiger charge is 2.27. The Morgan fingerprint density at radius 1 is 1.25 bits per heavy atom. The van der Waals surface area contributed by atoms with Crippen LogP contribution in [0.3, 0.4) is 0 Å². The lowest BCUT2D eigenvalue weighted by Crippen LogP contribution is -2.53. The van der Waals surface area contributed by atoms with E-state index in [0.29, 0.717) is 18.7 Å². The number of rotatable bonds is 7. The Balaban J connectivity index is 0.00000363. The molecule has 32 heavy (non-hydrogen) atoms. The lowest BCUT2D eigenvalue weighted by molar-refractivity contribution is 0.124.